The molecule has 0 bridgehead atoms. The van der Waals surface area contributed by atoms with Crippen LogP contribution in [-0.2, 0) is 9.53 Å². The second-order valence-corrected chi connectivity index (χ2v) is 7.18. The Labute approximate surface area is 149 Å². The van der Waals surface area contributed by atoms with E-state index in [-0.39, 0.29) is 24.1 Å². The van der Waals surface area contributed by atoms with Gasteiger partial charge in [0.15, 0.2) is 0 Å². The molecule has 5 heteroatoms. The van der Waals surface area contributed by atoms with Crippen LogP contribution >= 0.6 is 11.6 Å². The third-order valence-corrected chi connectivity index (χ3v) is 5.48. The first kappa shape index (κ1) is 17.7. The number of morpholine rings is 1. The quantitative estimate of drug-likeness (QED) is 0.883. The van der Waals surface area contributed by atoms with Crippen molar-refractivity contribution in [1.82, 2.24) is 10.2 Å². The van der Waals surface area contributed by atoms with Gasteiger partial charge in [-0.15, -0.1) is 0 Å². The summed E-state index contributed by atoms with van der Waals surface area (Å²) in [5.41, 5.74) is 1.17. The summed E-state index contributed by atoms with van der Waals surface area (Å²) < 4.78 is 5.86. The van der Waals surface area contributed by atoms with Crippen molar-refractivity contribution in [2.75, 3.05) is 19.7 Å². The lowest BCUT2D eigenvalue weighted by Crippen LogP contribution is -2.56. The van der Waals surface area contributed by atoms with E-state index < -0.39 is 0 Å². The maximum atomic E-state index is 12.7. The van der Waals surface area contributed by atoms with E-state index in [9.17, 15) is 4.79 Å². The zero-order valence-corrected chi connectivity index (χ0v) is 15.1. The Morgan fingerprint density at radius 3 is 2.83 bits per heavy atom. The van der Waals surface area contributed by atoms with E-state index in [4.69, 9.17) is 16.3 Å². The Bertz CT molecular complexity index is 547. The first-order valence-electron chi connectivity index (χ1n) is 9.09. The molecule has 2 fully saturated rings. The van der Waals surface area contributed by atoms with E-state index in [0.717, 1.165) is 30.8 Å². The number of fused-ring (bicyclic) bond motifs is 1. The van der Waals surface area contributed by atoms with Crippen LogP contribution in [0.15, 0.2) is 24.3 Å². The van der Waals surface area contributed by atoms with Crippen molar-refractivity contribution in [3.63, 3.8) is 0 Å². The Balaban J connectivity index is 1.58. The molecule has 1 aliphatic heterocycles. The monoisotopic (exact) mass is 350 g/mol. The smallest absolute Gasteiger partial charge is 0.236 e. The number of carbonyl (C=O) groups excluding carboxylic acids is 1. The number of nitrogens with zero attached hydrogens (tertiary/aromatic N) is 1. The van der Waals surface area contributed by atoms with Gasteiger partial charge < -0.3 is 15.0 Å². The second kappa shape index (κ2) is 8.32. The summed E-state index contributed by atoms with van der Waals surface area (Å²) in [5, 5.41) is 4.16. The first-order valence-corrected chi connectivity index (χ1v) is 9.46. The molecule has 0 aromatic heterocycles. The molecule has 2 aliphatic rings. The van der Waals surface area contributed by atoms with Crippen LogP contribution in [0.1, 0.15) is 50.6 Å². The van der Waals surface area contributed by atoms with Crippen molar-refractivity contribution in [2.24, 2.45) is 0 Å². The standard InChI is InChI=1S/C19H27ClN2O2/c1-2-16(14-7-9-15(20)10-8-14)21-13-19(23)22-11-12-24-18-6-4-3-5-17(18)22/h7-10,16-18,21H,2-6,11-13H2,1H3. The molecule has 1 amide bonds. The zero-order valence-electron chi connectivity index (χ0n) is 14.3. The number of ether oxygens (including phenoxy) is 1. The molecule has 0 spiro atoms. The summed E-state index contributed by atoms with van der Waals surface area (Å²) in [6.45, 7) is 3.90. The largest absolute Gasteiger partial charge is 0.374 e. The van der Waals surface area contributed by atoms with E-state index in [1.165, 1.54) is 18.4 Å². The summed E-state index contributed by atoms with van der Waals surface area (Å²) in [7, 11) is 0. The number of nitrogens with one attached hydrogen (secondary N) is 1. The minimum Gasteiger partial charge on any atom is -0.374 e. The van der Waals surface area contributed by atoms with Crippen molar-refractivity contribution < 1.29 is 9.53 Å². The molecule has 3 rings (SSSR count). The van der Waals surface area contributed by atoms with Gasteiger partial charge in [0, 0.05) is 17.6 Å². The average Bonchev–Trinajstić information content (AvgIpc) is 2.63. The van der Waals surface area contributed by atoms with Crippen LogP contribution in [0.5, 0.6) is 0 Å². The van der Waals surface area contributed by atoms with Gasteiger partial charge in [0.25, 0.3) is 0 Å². The van der Waals surface area contributed by atoms with Crippen molar-refractivity contribution in [3.8, 4) is 0 Å². The van der Waals surface area contributed by atoms with Crippen LogP contribution < -0.4 is 5.32 Å². The van der Waals surface area contributed by atoms with Crippen LogP contribution in [0.3, 0.4) is 0 Å². The Kier molecular flexibility index (Phi) is 6.14. The lowest BCUT2D eigenvalue weighted by atomic mass is 9.90. The van der Waals surface area contributed by atoms with E-state index >= 15 is 0 Å². The minimum atomic E-state index is 0.175. The van der Waals surface area contributed by atoms with Gasteiger partial charge in [0.2, 0.25) is 5.91 Å². The molecular formula is C19H27ClN2O2. The van der Waals surface area contributed by atoms with E-state index in [2.05, 4.69) is 17.1 Å². The molecule has 0 radical (unpaired) electrons. The number of benzene rings is 1. The molecule has 132 valence electrons. The normalized spacial score (nSPS) is 25.2. The number of hydrogen-bond donors (Lipinski definition) is 1. The molecule has 1 aromatic carbocycles. The number of carbonyl (C=O) groups is 1. The number of hydrogen-bond acceptors (Lipinski definition) is 3. The third kappa shape index (κ3) is 4.11. The van der Waals surface area contributed by atoms with Crippen LogP contribution in [0.2, 0.25) is 5.02 Å². The van der Waals surface area contributed by atoms with Gasteiger partial charge in [0.05, 0.1) is 25.3 Å². The maximum absolute atomic E-state index is 12.7. The van der Waals surface area contributed by atoms with Gasteiger partial charge in [-0.1, -0.05) is 43.5 Å². The first-order chi connectivity index (χ1) is 11.7. The van der Waals surface area contributed by atoms with Gasteiger partial charge in [-0.2, -0.15) is 0 Å². The fourth-order valence-electron chi connectivity index (χ4n) is 3.91. The van der Waals surface area contributed by atoms with E-state index in [1.807, 2.05) is 24.3 Å². The minimum absolute atomic E-state index is 0.175. The van der Waals surface area contributed by atoms with Gasteiger partial charge in [-0.3, -0.25) is 4.79 Å². The van der Waals surface area contributed by atoms with Gasteiger partial charge in [-0.05, 0) is 37.0 Å². The highest BCUT2D eigenvalue weighted by Gasteiger charge is 2.36. The molecular weight excluding hydrogens is 324 g/mol. The number of amides is 1. The van der Waals surface area contributed by atoms with Crippen molar-refractivity contribution in [1.29, 1.82) is 0 Å². The molecule has 3 atom stereocenters. The highest BCUT2D eigenvalue weighted by atomic mass is 35.5. The summed E-state index contributed by atoms with van der Waals surface area (Å²) in [4.78, 5) is 14.8. The molecule has 1 saturated carbocycles. The number of halogens is 1. The molecule has 3 unspecified atom stereocenters. The van der Waals surface area contributed by atoms with E-state index in [1.54, 1.807) is 0 Å². The van der Waals surface area contributed by atoms with Gasteiger partial charge >= 0.3 is 0 Å². The predicted molar refractivity (Wildman–Crippen MR) is 96.2 cm³/mol. The second-order valence-electron chi connectivity index (χ2n) is 6.74. The van der Waals surface area contributed by atoms with Crippen molar-refractivity contribution in [2.45, 2.75) is 57.2 Å². The molecule has 1 aliphatic carbocycles. The Morgan fingerprint density at radius 1 is 1.33 bits per heavy atom. The summed E-state index contributed by atoms with van der Waals surface area (Å²) in [6, 6.07) is 8.31. The van der Waals surface area contributed by atoms with Gasteiger partial charge in [-0.25, -0.2) is 0 Å². The fraction of sp³-hybridized carbons (Fsp3) is 0.632. The molecule has 24 heavy (non-hydrogen) atoms. The molecule has 1 saturated heterocycles. The van der Waals surface area contributed by atoms with Crippen molar-refractivity contribution >= 4 is 17.5 Å². The Morgan fingerprint density at radius 2 is 2.08 bits per heavy atom. The summed E-state index contributed by atoms with van der Waals surface area (Å²) >= 11 is 5.96. The summed E-state index contributed by atoms with van der Waals surface area (Å²) in [5.74, 6) is 0.197. The van der Waals surface area contributed by atoms with Crippen LogP contribution in [0.25, 0.3) is 0 Å². The topological polar surface area (TPSA) is 41.6 Å². The maximum Gasteiger partial charge on any atom is 0.236 e. The third-order valence-electron chi connectivity index (χ3n) is 5.23. The van der Waals surface area contributed by atoms with Crippen LogP contribution in [0.4, 0.5) is 0 Å². The van der Waals surface area contributed by atoms with E-state index in [0.29, 0.717) is 13.2 Å². The van der Waals surface area contributed by atoms with Crippen molar-refractivity contribution in [3.05, 3.63) is 34.9 Å². The Hall–Kier alpha value is -1.10. The lowest BCUT2D eigenvalue weighted by Gasteiger charge is -2.44. The van der Waals surface area contributed by atoms with Crippen LogP contribution in [0, 0.1) is 0 Å². The zero-order chi connectivity index (χ0) is 16.9. The molecule has 4 nitrogen and oxygen atoms in total. The van der Waals surface area contributed by atoms with Crippen LogP contribution in [-0.4, -0.2) is 42.6 Å². The highest BCUT2D eigenvalue weighted by molar-refractivity contribution is 6.30. The molecule has 1 heterocycles. The average molecular weight is 351 g/mol. The number of rotatable bonds is 5. The molecule has 1 N–H and O–H groups in total. The highest BCUT2D eigenvalue weighted by Crippen LogP contribution is 2.28. The van der Waals surface area contributed by atoms with Gasteiger partial charge in [0.1, 0.15) is 0 Å². The lowest BCUT2D eigenvalue weighted by molar-refractivity contribution is -0.148. The predicted octanol–water partition coefficient (Wildman–Crippen LogP) is 3.55. The fourth-order valence-corrected chi connectivity index (χ4v) is 4.04. The summed E-state index contributed by atoms with van der Waals surface area (Å²) in [6.07, 6.45) is 5.76. The SMILES string of the molecule is CCC(NCC(=O)N1CCOC2CCCCC21)c1ccc(Cl)cc1. The molecule has 1 aromatic rings.